The van der Waals surface area contributed by atoms with Gasteiger partial charge in [-0.15, -0.1) is 0 Å². The number of aliphatic imine (C=N–C) groups is 3. The van der Waals surface area contributed by atoms with E-state index >= 15 is 0 Å². The lowest BCUT2D eigenvalue weighted by Crippen LogP contribution is -2.05. The number of amides is 4. The third kappa shape index (κ3) is 14.9. The Labute approximate surface area is 299 Å². The van der Waals surface area contributed by atoms with E-state index in [0.717, 1.165) is 0 Å². The Morgan fingerprint density at radius 1 is 0.571 bits per heavy atom. The van der Waals surface area contributed by atoms with Gasteiger partial charge in [0.05, 0.1) is 21.3 Å². The number of ether oxygens (including phenoxy) is 3. The maximum absolute atomic E-state index is 11.7. The molecule has 0 unspecified atom stereocenters. The monoisotopic (exact) mass is 720 g/mol. The Morgan fingerprint density at radius 2 is 0.939 bits per heavy atom. The molecule has 0 aliphatic rings. The van der Waals surface area contributed by atoms with Crippen LogP contribution in [0.2, 0.25) is 0 Å². The second kappa shape index (κ2) is 22.9. The molecule has 0 atom stereocenters. The minimum Gasteiger partial charge on any atom is -0.493 e. The maximum atomic E-state index is 11.7. The molecule has 0 aliphatic heterocycles. The highest BCUT2D eigenvalue weighted by Crippen LogP contribution is 2.38. The molecule has 12 nitrogen and oxygen atoms in total. The first-order valence-corrected chi connectivity index (χ1v) is 15.2. The van der Waals surface area contributed by atoms with Crippen LogP contribution in [0.15, 0.2) is 75.6 Å². The van der Waals surface area contributed by atoms with Gasteiger partial charge in [-0.2, -0.15) is 0 Å². The number of carbonyl (C=O) groups excluding carboxylic acids is 5. The van der Waals surface area contributed by atoms with Gasteiger partial charge in [-0.05, 0) is 55.5 Å². The molecular formula is C34H32N4O8S3. The standard InChI is InChI=1S/C12H13NO4S.C11H10N2O2S.C11H9NO2S/c1-15-9-6-8(12(14)13-4-5-18)7-10(16-2)11(9)17-3;1-8(14)13-10-4-2-9(3-5-10)11(15)12-6-7-16;1-8(13)9-2-4-10(5-3-9)11(14)12-6-7-15/h4-7H,1-3H3;2-7H,1H3,(H,13,14);2-7H,1H3. The number of Topliss-reactive ketones (excluding diaryl/α,β-unsaturated/α-hetero) is 1. The highest BCUT2D eigenvalue weighted by atomic mass is 32.1. The molecule has 49 heavy (non-hydrogen) atoms. The lowest BCUT2D eigenvalue weighted by molar-refractivity contribution is -0.114. The lowest BCUT2D eigenvalue weighted by atomic mass is 10.1. The van der Waals surface area contributed by atoms with Gasteiger partial charge in [0.2, 0.25) is 11.7 Å². The number of hydrogen-bond acceptors (Lipinski definition) is 11. The number of thiocarbonyl (C=S) groups is 3. The second-order valence-electron chi connectivity index (χ2n) is 8.96. The fourth-order valence-corrected chi connectivity index (χ4v) is 3.65. The van der Waals surface area contributed by atoms with Gasteiger partial charge in [0.25, 0.3) is 17.7 Å². The smallest absolute Gasteiger partial charge is 0.277 e. The van der Waals surface area contributed by atoms with E-state index in [4.69, 9.17) is 14.2 Å². The van der Waals surface area contributed by atoms with E-state index < -0.39 is 5.91 Å². The zero-order valence-corrected chi connectivity index (χ0v) is 29.5. The van der Waals surface area contributed by atoms with Gasteiger partial charge in [-0.3, -0.25) is 24.0 Å². The molecule has 0 heterocycles. The molecule has 3 aromatic carbocycles. The number of carbonyl (C=O) groups is 5. The summed E-state index contributed by atoms with van der Waals surface area (Å²) in [6.07, 6.45) is 3.77. The van der Waals surface area contributed by atoms with Crippen molar-refractivity contribution in [1.29, 1.82) is 0 Å². The number of benzene rings is 3. The average molecular weight is 721 g/mol. The molecule has 0 bridgehead atoms. The van der Waals surface area contributed by atoms with E-state index in [0.29, 0.717) is 45.2 Å². The summed E-state index contributed by atoms with van der Waals surface area (Å²) in [6, 6.07) is 15.9. The SMILES string of the molecule is CC(=O)Nc1ccc(C(=O)N=CC=S)cc1.CC(=O)c1ccc(C(=O)N=CC=S)cc1.COc1cc(C(=O)N=CC=S)cc(OC)c1OC. The van der Waals surface area contributed by atoms with Crippen LogP contribution in [0.3, 0.4) is 0 Å². The van der Waals surface area contributed by atoms with Crippen LogP contribution in [0.1, 0.15) is 55.3 Å². The Hall–Kier alpha value is -5.51. The lowest BCUT2D eigenvalue weighted by Gasteiger charge is -2.12. The van der Waals surface area contributed by atoms with Crippen LogP contribution in [0.5, 0.6) is 17.2 Å². The minimum atomic E-state index is -0.435. The molecule has 0 aromatic heterocycles. The van der Waals surface area contributed by atoms with E-state index in [-0.39, 0.29) is 23.5 Å². The first kappa shape index (κ1) is 41.5. The van der Waals surface area contributed by atoms with Gasteiger partial charge in [0.15, 0.2) is 17.3 Å². The highest BCUT2D eigenvalue weighted by molar-refractivity contribution is 7.80. The molecule has 0 saturated carbocycles. The fraction of sp³-hybridized carbons (Fsp3) is 0.147. The van der Waals surface area contributed by atoms with Crippen molar-refractivity contribution in [2.75, 3.05) is 26.6 Å². The summed E-state index contributed by atoms with van der Waals surface area (Å²) >= 11 is 13.6. The van der Waals surface area contributed by atoms with Crippen LogP contribution in [0.25, 0.3) is 0 Å². The number of nitrogens with one attached hydrogen (secondary N) is 1. The van der Waals surface area contributed by atoms with Crippen molar-refractivity contribution in [2.45, 2.75) is 13.8 Å². The molecule has 0 saturated heterocycles. The van der Waals surface area contributed by atoms with Crippen LogP contribution >= 0.6 is 36.7 Å². The number of rotatable bonds is 11. The number of hydrogen-bond donors (Lipinski definition) is 1. The maximum Gasteiger partial charge on any atom is 0.277 e. The average Bonchev–Trinajstić information content (AvgIpc) is 3.11. The number of anilines is 1. The molecule has 0 fully saturated rings. The molecule has 15 heteroatoms. The van der Waals surface area contributed by atoms with Crippen LogP contribution in [-0.2, 0) is 4.79 Å². The summed E-state index contributed by atoms with van der Waals surface area (Å²) < 4.78 is 15.4. The predicted molar refractivity (Wildman–Crippen MR) is 203 cm³/mol. The zero-order valence-electron chi connectivity index (χ0n) is 27.1. The molecule has 0 radical (unpaired) electrons. The van der Waals surface area contributed by atoms with Crippen molar-refractivity contribution >= 4 is 106 Å². The second-order valence-corrected chi connectivity index (χ2v) is 9.78. The van der Waals surface area contributed by atoms with E-state index in [1.165, 1.54) is 82.1 Å². The van der Waals surface area contributed by atoms with E-state index in [1.807, 2.05) is 0 Å². The van der Waals surface area contributed by atoms with Crippen LogP contribution in [0.4, 0.5) is 5.69 Å². The van der Waals surface area contributed by atoms with E-state index in [1.54, 1.807) is 48.5 Å². The summed E-state index contributed by atoms with van der Waals surface area (Å²) in [4.78, 5) is 67.0. The first-order chi connectivity index (χ1) is 23.4. The van der Waals surface area contributed by atoms with Crippen LogP contribution in [-0.4, -0.2) is 85.5 Å². The van der Waals surface area contributed by atoms with Crippen LogP contribution in [0, 0.1) is 0 Å². The molecule has 1 N–H and O–H groups in total. The molecule has 0 aliphatic carbocycles. The number of methoxy groups -OCH3 is 3. The largest absolute Gasteiger partial charge is 0.493 e. The van der Waals surface area contributed by atoms with Crippen molar-refractivity contribution in [3.8, 4) is 17.2 Å². The first-order valence-electron chi connectivity index (χ1n) is 13.8. The quantitative estimate of drug-likeness (QED) is 0.143. The van der Waals surface area contributed by atoms with Gasteiger partial charge in [0.1, 0.15) is 0 Å². The number of ketones is 1. The van der Waals surface area contributed by atoms with Crippen molar-refractivity contribution < 1.29 is 38.2 Å². The minimum absolute atomic E-state index is 0.0311. The third-order valence-electron chi connectivity index (χ3n) is 5.66. The Kier molecular flexibility index (Phi) is 19.4. The number of nitrogens with zero attached hydrogens (tertiary/aromatic N) is 3. The van der Waals surface area contributed by atoms with Crippen molar-refractivity contribution in [3.63, 3.8) is 0 Å². The van der Waals surface area contributed by atoms with E-state index in [9.17, 15) is 24.0 Å². The molecule has 3 aromatic rings. The molecule has 4 amide bonds. The zero-order chi connectivity index (χ0) is 36.8. The third-order valence-corrected chi connectivity index (χ3v) is 6.03. The van der Waals surface area contributed by atoms with Gasteiger partial charge >= 0.3 is 0 Å². The highest BCUT2D eigenvalue weighted by Gasteiger charge is 2.16. The summed E-state index contributed by atoms with van der Waals surface area (Å²) in [5, 5.41) is 6.40. The topological polar surface area (TPSA) is 162 Å². The normalized spacial score (nSPS) is 10.1. The predicted octanol–water partition coefficient (Wildman–Crippen LogP) is 5.88. The van der Waals surface area contributed by atoms with Crippen molar-refractivity contribution in [3.05, 3.63) is 82.9 Å². The van der Waals surface area contributed by atoms with Gasteiger partial charge in [0, 0.05) is 69.6 Å². The van der Waals surface area contributed by atoms with Gasteiger partial charge < -0.3 is 19.5 Å². The van der Waals surface area contributed by atoms with Crippen molar-refractivity contribution in [2.24, 2.45) is 15.0 Å². The molecule has 254 valence electrons. The van der Waals surface area contributed by atoms with Gasteiger partial charge in [-0.1, -0.05) is 48.8 Å². The van der Waals surface area contributed by atoms with E-state index in [2.05, 4.69) is 56.9 Å². The summed E-state index contributed by atoms with van der Waals surface area (Å²) in [5.41, 5.74) is 2.43. The van der Waals surface area contributed by atoms with Crippen LogP contribution < -0.4 is 19.5 Å². The summed E-state index contributed by atoms with van der Waals surface area (Å²) in [7, 11) is 4.45. The van der Waals surface area contributed by atoms with Crippen molar-refractivity contribution in [1.82, 2.24) is 0 Å². The van der Waals surface area contributed by atoms with Gasteiger partial charge in [-0.25, -0.2) is 15.0 Å². The Balaban J connectivity index is 0.000000369. The summed E-state index contributed by atoms with van der Waals surface area (Å²) in [6.45, 7) is 2.89. The Bertz CT molecular complexity index is 1730. The Morgan fingerprint density at radius 3 is 1.27 bits per heavy atom. The summed E-state index contributed by atoms with van der Waals surface area (Å²) in [5.74, 6) is -0.128. The fourth-order valence-electron chi connectivity index (χ4n) is 3.47. The molecular weight excluding hydrogens is 689 g/mol. The molecule has 0 spiro atoms. The molecule has 3 rings (SSSR count).